The summed E-state index contributed by atoms with van der Waals surface area (Å²) < 4.78 is 10.9. The maximum Gasteiger partial charge on any atom is 0.336 e. The standard InChI is InChI=1S/C14H18O4/c15-14(16)13-4-2-1-3-12(13)10-18-9-11-5-7-17-8-6-11/h1-4,11H,5-10H2,(H,15,16). The summed E-state index contributed by atoms with van der Waals surface area (Å²) in [5.41, 5.74) is 1.06. The lowest BCUT2D eigenvalue weighted by Crippen LogP contribution is -2.20. The third-order valence-electron chi connectivity index (χ3n) is 3.20. The molecule has 0 bridgehead atoms. The zero-order chi connectivity index (χ0) is 12.8. The Balaban J connectivity index is 1.84. The Kier molecular flexibility index (Phi) is 4.73. The molecule has 0 saturated carbocycles. The third-order valence-corrected chi connectivity index (χ3v) is 3.20. The molecule has 1 aliphatic rings. The van der Waals surface area contributed by atoms with Gasteiger partial charge in [-0.2, -0.15) is 0 Å². The zero-order valence-corrected chi connectivity index (χ0v) is 10.3. The van der Waals surface area contributed by atoms with Crippen LogP contribution in [-0.2, 0) is 16.1 Å². The molecule has 1 N–H and O–H groups in total. The van der Waals surface area contributed by atoms with Crippen molar-refractivity contribution in [2.45, 2.75) is 19.4 Å². The molecule has 0 aromatic heterocycles. The van der Waals surface area contributed by atoms with Crippen molar-refractivity contribution in [2.24, 2.45) is 5.92 Å². The van der Waals surface area contributed by atoms with Crippen LogP contribution < -0.4 is 0 Å². The van der Waals surface area contributed by atoms with Gasteiger partial charge in [-0.05, 0) is 30.4 Å². The highest BCUT2D eigenvalue weighted by molar-refractivity contribution is 5.89. The van der Waals surface area contributed by atoms with Crippen molar-refractivity contribution in [2.75, 3.05) is 19.8 Å². The number of ether oxygens (including phenoxy) is 2. The molecule has 1 saturated heterocycles. The van der Waals surface area contributed by atoms with Crippen molar-refractivity contribution in [3.05, 3.63) is 35.4 Å². The second-order valence-electron chi connectivity index (χ2n) is 4.53. The van der Waals surface area contributed by atoms with Crippen LogP contribution in [-0.4, -0.2) is 30.9 Å². The number of benzene rings is 1. The molecule has 0 unspecified atom stereocenters. The molecule has 98 valence electrons. The summed E-state index contributed by atoms with van der Waals surface area (Å²) in [6.07, 6.45) is 2.06. The van der Waals surface area contributed by atoms with E-state index in [-0.39, 0.29) is 0 Å². The number of aromatic carboxylic acids is 1. The molecule has 1 heterocycles. The predicted octanol–water partition coefficient (Wildman–Crippen LogP) is 2.33. The van der Waals surface area contributed by atoms with Crippen LogP contribution in [0.5, 0.6) is 0 Å². The Morgan fingerprint density at radius 1 is 1.33 bits per heavy atom. The van der Waals surface area contributed by atoms with Gasteiger partial charge in [0.15, 0.2) is 0 Å². The topological polar surface area (TPSA) is 55.8 Å². The van der Waals surface area contributed by atoms with Crippen LogP contribution in [0.25, 0.3) is 0 Å². The fourth-order valence-corrected chi connectivity index (χ4v) is 2.10. The van der Waals surface area contributed by atoms with Crippen molar-refractivity contribution in [1.29, 1.82) is 0 Å². The number of hydrogen-bond acceptors (Lipinski definition) is 3. The van der Waals surface area contributed by atoms with E-state index in [2.05, 4.69) is 0 Å². The van der Waals surface area contributed by atoms with Gasteiger partial charge in [0.25, 0.3) is 0 Å². The molecule has 18 heavy (non-hydrogen) atoms. The van der Waals surface area contributed by atoms with Gasteiger partial charge in [0.1, 0.15) is 0 Å². The fraction of sp³-hybridized carbons (Fsp3) is 0.500. The predicted molar refractivity (Wildman–Crippen MR) is 66.6 cm³/mol. The van der Waals surface area contributed by atoms with E-state index in [9.17, 15) is 4.79 Å². The second kappa shape index (κ2) is 6.52. The van der Waals surface area contributed by atoms with Gasteiger partial charge in [0.2, 0.25) is 0 Å². The van der Waals surface area contributed by atoms with Gasteiger partial charge in [-0.15, -0.1) is 0 Å². The summed E-state index contributed by atoms with van der Waals surface area (Å²) in [6, 6.07) is 6.97. The molecule has 1 aromatic rings. The molecule has 0 radical (unpaired) electrons. The van der Waals surface area contributed by atoms with Gasteiger partial charge in [-0.25, -0.2) is 4.79 Å². The van der Waals surface area contributed by atoms with E-state index in [4.69, 9.17) is 14.6 Å². The van der Waals surface area contributed by atoms with E-state index in [0.717, 1.165) is 31.6 Å². The normalized spacial score (nSPS) is 16.7. The maximum absolute atomic E-state index is 11.0. The zero-order valence-electron chi connectivity index (χ0n) is 10.3. The summed E-state index contributed by atoms with van der Waals surface area (Å²) in [6.45, 7) is 2.65. The third kappa shape index (κ3) is 3.55. The van der Waals surface area contributed by atoms with E-state index in [0.29, 0.717) is 24.7 Å². The Labute approximate surface area is 107 Å². The highest BCUT2D eigenvalue weighted by Gasteiger charge is 2.14. The molecule has 0 amide bonds. The van der Waals surface area contributed by atoms with Crippen LogP contribution in [0, 0.1) is 5.92 Å². The van der Waals surface area contributed by atoms with Crippen LogP contribution in [0.4, 0.5) is 0 Å². The average molecular weight is 250 g/mol. The van der Waals surface area contributed by atoms with Crippen LogP contribution in [0.3, 0.4) is 0 Å². The van der Waals surface area contributed by atoms with Crippen molar-refractivity contribution < 1.29 is 19.4 Å². The summed E-state index contributed by atoms with van der Waals surface area (Å²) >= 11 is 0. The lowest BCUT2D eigenvalue weighted by molar-refractivity contribution is 0.0155. The van der Waals surface area contributed by atoms with Gasteiger partial charge in [-0.3, -0.25) is 0 Å². The van der Waals surface area contributed by atoms with Crippen molar-refractivity contribution in [3.63, 3.8) is 0 Å². The van der Waals surface area contributed by atoms with Gasteiger partial charge >= 0.3 is 5.97 Å². The minimum atomic E-state index is -0.903. The summed E-state index contributed by atoms with van der Waals surface area (Å²) in [5.74, 6) is -0.365. The van der Waals surface area contributed by atoms with E-state index >= 15 is 0 Å². The highest BCUT2D eigenvalue weighted by atomic mass is 16.5. The molecule has 4 nitrogen and oxygen atoms in total. The lowest BCUT2D eigenvalue weighted by Gasteiger charge is -2.21. The average Bonchev–Trinajstić information content (AvgIpc) is 2.40. The molecule has 1 fully saturated rings. The Morgan fingerprint density at radius 2 is 2.06 bits per heavy atom. The molecule has 1 aromatic carbocycles. The van der Waals surface area contributed by atoms with Crippen molar-refractivity contribution in [1.82, 2.24) is 0 Å². The first kappa shape index (κ1) is 13.1. The van der Waals surface area contributed by atoms with Crippen LogP contribution in [0.15, 0.2) is 24.3 Å². The molecule has 1 aliphatic heterocycles. The highest BCUT2D eigenvalue weighted by Crippen LogP contribution is 2.16. The van der Waals surface area contributed by atoms with E-state index in [1.807, 2.05) is 6.07 Å². The first-order valence-electron chi connectivity index (χ1n) is 6.24. The molecular weight excluding hydrogens is 232 g/mol. The van der Waals surface area contributed by atoms with Crippen LogP contribution in [0.1, 0.15) is 28.8 Å². The minimum Gasteiger partial charge on any atom is -0.478 e. The summed E-state index contributed by atoms with van der Waals surface area (Å²) in [5, 5.41) is 9.04. The van der Waals surface area contributed by atoms with E-state index in [1.54, 1.807) is 18.2 Å². The van der Waals surface area contributed by atoms with Gasteiger partial charge in [0, 0.05) is 13.2 Å². The first-order valence-corrected chi connectivity index (χ1v) is 6.24. The van der Waals surface area contributed by atoms with E-state index in [1.165, 1.54) is 0 Å². The maximum atomic E-state index is 11.0. The smallest absolute Gasteiger partial charge is 0.336 e. The summed E-state index contributed by atoms with van der Waals surface area (Å²) in [7, 11) is 0. The monoisotopic (exact) mass is 250 g/mol. The molecule has 0 atom stereocenters. The number of hydrogen-bond donors (Lipinski definition) is 1. The largest absolute Gasteiger partial charge is 0.478 e. The quantitative estimate of drug-likeness (QED) is 0.871. The Bertz CT molecular complexity index is 397. The summed E-state index contributed by atoms with van der Waals surface area (Å²) in [4.78, 5) is 11.0. The molecular formula is C14H18O4. The first-order chi connectivity index (χ1) is 8.77. The van der Waals surface area contributed by atoms with Crippen LogP contribution in [0.2, 0.25) is 0 Å². The Hall–Kier alpha value is -1.39. The minimum absolute atomic E-state index is 0.324. The van der Waals surface area contributed by atoms with Gasteiger partial charge in [-0.1, -0.05) is 18.2 Å². The molecule has 0 aliphatic carbocycles. The van der Waals surface area contributed by atoms with Crippen LogP contribution >= 0.6 is 0 Å². The van der Waals surface area contributed by atoms with E-state index < -0.39 is 5.97 Å². The SMILES string of the molecule is O=C(O)c1ccccc1COCC1CCOCC1. The fourth-order valence-electron chi connectivity index (χ4n) is 2.10. The van der Waals surface area contributed by atoms with Gasteiger partial charge in [0.05, 0.1) is 18.8 Å². The van der Waals surface area contributed by atoms with Crippen molar-refractivity contribution >= 4 is 5.97 Å². The van der Waals surface area contributed by atoms with Gasteiger partial charge < -0.3 is 14.6 Å². The number of rotatable bonds is 5. The molecule has 0 spiro atoms. The number of carbonyl (C=O) groups is 1. The Morgan fingerprint density at radius 3 is 2.78 bits per heavy atom. The second-order valence-corrected chi connectivity index (χ2v) is 4.53. The molecule has 4 heteroatoms. The lowest BCUT2D eigenvalue weighted by atomic mass is 10.0. The molecule has 2 rings (SSSR count). The number of carboxylic acids is 1. The number of carboxylic acid groups (broad SMARTS) is 1. The van der Waals surface area contributed by atoms with Crippen molar-refractivity contribution in [3.8, 4) is 0 Å².